The maximum atomic E-state index is 13.3. The number of aromatic nitrogens is 1. The molecule has 96 valence electrons. The summed E-state index contributed by atoms with van der Waals surface area (Å²) in [6, 6.07) is 2.49. The molecule has 0 bridgehead atoms. The van der Waals surface area contributed by atoms with E-state index < -0.39 is 17.7 Å². The number of hydrogen-bond donors (Lipinski definition) is 0. The van der Waals surface area contributed by atoms with Gasteiger partial charge in [-0.05, 0) is 47.2 Å². The van der Waals surface area contributed by atoms with Crippen LogP contribution >= 0.6 is 34.2 Å². The fourth-order valence-electron chi connectivity index (χ4n) is 1.60. The summed E-state index contributed by atoms with van der Waals surface area (Å²) in [6.07, 6.45) is -4.61. The molecule has 1 heterocycles. The van der Waals surface area contributed by atoms with Crippen LogP contribution in [-0.4, -0.2) is 4.98 Å². The van der Waals surface area contributed by atoms with Crippen molar-refractivity contribution in [1.29, 1.82) is 0 Å². The second-order valence-corrected chi connectivity index (χ2v) is 5.11. The van der Waals surface area contributed by atoms with Crippen LogP contribution in [0.15, 0.2) is 12.1 Å². The monoisotopic (exact) mass is 389 g/mol. The van der Waals surface area contributed by atoms with Crippen molar-refractivity contribution in [2.45, 2.75) is 13.1 Å². The summed E-state index contributed by atoms with van der Waals surface area (Å²) in [5.41, 5.74) is -1.30. The molecule has 2 aromatic rings. The SMILES string of the molecule is Cc1c(C(F)(F)F)nc2c(I)c(F)ccc2c1Cl. The Labute approximate surface area is 118 Å². The third-order valence-electron chi connectivity index (χ3n) is 2.48. The number of benzene rings is 1. The molecule has 18 heavy (non-hydrogen) atoms. The third-order valence-corrected chi connectivity index (χ3v) is 4.00. The molecule has 0 radical (unpaired) electrons. The predicted octanol–water partition coefficient (Wildman–Crippen LogP) is 4.96. The van der Waals surface area contributed by atoms with E-state index in [-0.39, 0.29) is 19.7 Å². The first-order valence-electron chi connectivity index (χ1n) is 4.74. The Hall–Kier alpha value is -0.630. The molecule has 2 rings (SSSR count). The second-order valence-electron chi connectivity index (χ2n) is 3.65. The number of alkyl halides is 3. The molecule has 0 aliphatic carbocycles. The van der Waals surface area contributed by atoms with Gasteiger partial charge in [-0.15, -0.1) is 0 Å². The fraction of sp³-hybridized carbons (Fsp3) is 0.182. The summed E-state index contributed by atoms with van der Waals surface area (Å²) in [5.74, 6) is -0.622. The molecule has 0 unspecified atom stereocenters. The van der Waals surface area contributed by atoms with E-state index in [1.807, 2.05) is 0 Å². The van der Waals surface area contributed by atoms with E-state index in [0.717, 1.165) is 6.07 Å². The Morgan fingerprint density at radius 3 is 2.44 bits per heavy atom. The molecule has 7 heteroatoms. The number of hydrogen-bond acceptors (Lipinski definition) is 1. The van der Waals surface area contributed by atoms with Gasteiger partial charge in [0.1, 0.15) is 11.5 Å². The summed E-state index contributed by atoms with van der Waals surface area (Å²) in [4.78, 5) is 3.51. The summed E-state index contributed by atoms with van der Waals surface area (Å²) in [6.45, 7) is 1.24. The first-order chi connectivity index (χ1) is 8.23. The largest absolute Gasteiger partial charge is 0.433 e. The van der Waals surface area contributed by atoms with Crippen LogP contribution in [0.5, 0.6) is 0 Å². The van der Waals surface area contributed by atoms with Gasteiger partial charge in [-0.3, -0.25) is 0 Å². The summed E-state index contributed by atoms with van der Waals surface area (Å²) in [7, 11) is 0. The van der Waals surface area contributed by atoms with Crippen LogP contribution in [0.4, 0.5) is 17.6 Å². The van der Waals surface area contributed by atoms with E-state index in [4.69, 9.17) is 11.6 Å². The average Bonchev–Trinajstić information content (AvgIpc) is 2.26. The molecule has 0 saturated heterocycles. The average molecular weight is 390 g/mol. The summed E-state index contributed by atoms with van der Waals surface area (Å²) >= 11 is 7.51. The van der Waals surface area contributed by atoms with Crippen LogP contribution in [0.3, 0.4) is 0 Å². The molecule has 0 saturated carbocycles. The van der Waals surface area contributed by atoms with Gasteiger partial charge in [0.15, 0.2) is 0 Å². The van der Waals surface area contributed by atoms with Crippen LogP contribution in [0, 0.1) is 16.3 Å². The van der Waals surface area contributed by atoms with Gasteiger partial charge >= 0.3 is 6.18 Å². The lowest BCUT2D eigenvalue weighted by molar-refractivity contribution is -0.141. The van der Waals surface area contributed by atoms with Crippen LogP contribution in [0.1, 0.15) is 11.3 Å². The molecule has 0 atom stereocenters. The highest BCUT2D eigenvalue weighted by molar-refractivity contribution is 14.1. The van der Waals surface area contributed by atoms with Gasteiger partial charge in [0, 0.05) is 5.39 Å². The van der Waals surface area contributed by atoms with Gasteiger partial charge in [0.2, 0.25) is 0 Å². The highest BCUT2D eigenvalue weighted by Gasteiger charge is 2.36. The first kappa shape index (κ1) is 13.8. The number of halogens is 6. The minimum atomic E-state index is -4.61. The van der Waals surface area contributed by atoms with E-state index in [1.54, 1.807) is 22.6 Å². The predicted molar refractivity (Wildman–Crippen MR) is 69.2 cm³/mol. The molecule has 0 fully saturated rings. The third kappa shape index (κ3) is 2.16. The molecule has 1 aromatic carbocycles. The molecular weight excluding hydrogens is 384 g/mol. The van der Waals surface area contributed by atoms with Gasteiger partial charge in [-0.2, -0.15) is 13.2 Å². The van der Waals surface area contributed by atoms with Crippen LogP contribution in [-0.2, 0) is 6.18 Å². The highest BCUT2D eigenvalue weighted by Crippen LogP contribution is 2.38. The van der Waals surface area contributed by atoms with Crippen molar-refractivity contribution >= 4 is 45.1 Å². The standard InChI is InChI=1S/C11H5ClF4IN/c1-4-7(12)5-2-3-6(13)8(17)9(5)18-10(4)11(14,15)16/h2-3H,1H3. The van der Waals surface area contributed by atoms with Gasteiger partial charge < -0.3 is 0 Å². The van der Waals surface area contributed by atoms with E-state index in [1.165, 1.54) is 13.0 Å². The topological polar surface area (TPSA) is 12.9 Å². The minimum Gasteiger partial charge on any atom is -0.242 e. The molecule has 1 nitrogen and oxygen atoms in total. The maximum absolute atomic E-state index is 13.3. The molecule has 0 amide bonds. The van der Waals surface area contributed by atoms with Crippen molar-refractivity contribution in [3.63, 3.8) is 0 Å². The van der Waals surface area contributed by atoms with E-state index >= 15 is 0 Å². The quantitative estimate of drug-likeness (QED) is 0.458. The first-order valence-corrected chi connectivity index (χ1v) is 6.20. The molecule has 0 aliphatic rings. The lowest BCUT2D eigenvalue weighted by atomic mass is 10.1. The molecule has 0 spiro atoms. The van der Waals surface area contributed by atoms with Gasteiger partial charge in [0.25, 0.3) is 0 Å². The van der Waals surface area contributed by atoms with Crippen LogP contribution in [0.2, 0.25) is 5.02 Å². The van der Waals surface area contributed by atoms with Gasteiger partial charge in [0.05, 0.1) is 14.1 Å². The number of nitrogens with zero attached hydrogens (tertiary/aromatic N) is 1. The fourth-order valence-corrected chi connectivity index (χ4v) is 2.44. The zero-order valence-corrected chi connectivity index (χ0v) is 11.8. The van der Waals surface area contributed by atoms with Crippen molar-refractivity contribution < 1.29 is 17.6 Å². The summed E-state index contributed by atoms with van der Waals surface area (Å²) < 4.78 is 51.7. The number of pyridine rings is 1. The van der Waals surface area contributed by atoms with Gasteiger partial charge in [-0.25, -0.2) is 9.37 Å². The zero-order valence-electron chi connectivity index (χ0n) is 8.87. The molecule has 0 N–H and O–H groups in total. The summed E-state index contributed by atoms with van der Waals surface area (Å²) in [5, 5.41) is 0.262. The molecule has 0 aliphatic heterocycles. The Bertz CT molecular complexity index is 639. The van der Waals surface area contributed by atoms with Crippen molar-refractivity contribution in [1.82, 2.24) is 4.98 Å². The Morgan fingerprint density at radius 1 is 1.28 bits per heavy atom. The van der Waals surface area contributed by atoms with E-state index in [9.17, 15) is 17.6 Å². The smallest absolute Gasteiger partial charge is 0.242 e. The van der Waals surface area contributed by atoms with Crippen molar-refractivity contribution in [2.24, 2.45) is 0 Å². The van der Waals surface area contributed by atoms with Crippen molar-refractivity contribution in [2.75, 3.05) is 0 Å². The Kier molecular flexibility index (Phi) is 3.44. The van der Waals surface area contributed by atoms with Crippen LogP contribution in [0.25, 0.3) is 10.9 Å². The molecular formula is C11H5ClF4IN. The lowest BCUT2D eigenvalue weighted by Gasteiger charge is -2.13. The van der Waals surface area contributed by atoms with E-state index in [2.05, 4.69) is 4.98 Å². The highest BCUT2D eigenvalue weighted by atomic mass is 127. The van der Waals surface area contributed by atoms with Crippen molar-refractivity contribution in [3.8, 4) is 0 Å². The minimum absolute atomic E-state index is 0.0255. The second kappa shape index (κ2) is 4.48. The Balaban J connectivity index is 2.94. The van der Waals surface area contributed by atoms with Crippen molar-refractivity contribution in [3.05, 3.63) is 37.8 Å². The Morgan fingerprint density at radius 2 is 1.89 bits per heavy atom. The lowest BCUT2D eigenvalue weighted by Crippen LogP contribution is -2.11. The van der Waals surface area contributed by atoms with E-state index in [0.29, 0.717) is 5.39 Å². The normalized spacial score (nSPS) is 12.2. The zero-order chi connectivity index (χ0) is 13.7. The van der Waals surface area contributed by atoms with Gasteiger partial charge in [-0.1, -0.05) is 11.6 Å². The number of rotatable bonds is 0. The molecule has 1 aromatic heterocycles. The van der Waals surface area contributed by atoms with Crippen LogP contribution < -0.4 is 0 Å². The number of fused-ring (bicyclic) bond motifs is 1. The maximum Gasteiger partial charge on any atom is 0.433 e.